The fraction of sp³-hybridized carbons (Fsp3) is 0.444. The molecular weight excluding hydrogens is 152 g/mol. The van der Waals surface area contributed by atoms with Gasteiger partial charge in [-0.3, -0.25) is 0 Å². The third-order valence-electron chi connectivity index (χ3n) is 1.60. The first kappa shape index (κ1) is 8.84. The fourth-order valence-corrected chi connectivity index (χ4v) is 1.06. The van der Waals surface area contributed by atoms with Crippen LogP contribution in [0.5, 0.6) is 0 Å². The van der Waals surface area contributed by atoms with Crippen LogP contribution in [0.15, 0.2) is 29.0 Å². The molecule has 1 rings (SSSR count). The summed E-state index contributed by atoms with van der Waals surface area (Å²) in [5, 5.41) is 0. The van der Waals surface area contributed by atoms with E-state index in [1.54, 1.807) is 6.20 Å². The molecule has 3 nitrogen and oxygen atoms in total. The second-order valence-corrected chi connectivity index (χ2v) is 2.80. The lowest BCUT2D eigenvalue weighted by atomic mass is 10.1. The van der Waals surface area contributed by atoms with Gasteiger partial charge in [0.05, 0.1) is 6.61 Å². The Balaban J connectivity index is 2.79. The highest BCUT2D eigenvalue weighted by atomic mass is 16.5. The molecule has 1 fully saturated rings. The molecule has 0 atom stereocenters. The largest absolute Gasteiger partial charge is 0.477 e. The van der Waals surface area contributed by atoms with Crippen LogP contribution in [0.1, 0.15) is 19.8 Å². The molecule has 1 saturated heterocycles. The zero-order chi connectivity index (χ0) is 8.97. The number of hydrogen-bond donors (Lipinski definition) is 1. The maximum absolute atomic E-state index is 5.42. The van der Waals surface area contributed by atoms with Gasteiger partial charge >= 0.3 is 0 Å². The van der Waals surface area contributed by atoms with Gasteiger partial charge in [-0.1, -0.05) is 6.58 Å². The molecule has 0 aliphatic carbocycles. The van der Waals surface area contributed by atoms with E-state index in [1.807, 2.05) is 6.92 Å². The molecule has 0 spiro atoms. The van der Waals surface area contributed by atoms with Gasteiger partial charge in [-0.05, 0) is 19.8 Å². The van der Waals surface area contributed by atoms with Crippen molar-refractivity contribution in [1.29, 1.82) is 0 Å². The molecule has 1 heterocycles. The monoisotopic (exact) mass is 166 g/mol. The van der Waals surface area contributed by atoms with Crippen LogP contribution >= 0.6 is 0 Å². The Morgan fingerprint density at radius 3 is 3.08 bits per heavy atom. The molecule has 66 valence electrons. The Morgan fingerprint density at radius 2 is 2.50 bits per heavy atom. The molecule has 1 aliphatic heterocycles. The summed E-state index contributed by atoms with van der Waals surface area (Å²) in [6, 6.07) is 0. The van der Waals surface area contributed by atoms with Gasteiger partial charge in [0.25, 0.3) is 0 Å². The maximum atomic E-state index is 5.42. The molecule has 0 saturated carbocycles. The van der Waals surface area contributed by atoms with E-state index < -0.39 is 0 Å². The average Bonchev–Trinajstić information content (AvgIpc) is 2.04. The molecule has 0 bridgehead atoms. The highest BCUT2D eigenvalue weighted by molar-refractivity contribution is 5.94. The van der Waals surface area contributed by atoms with Crippen molar-refractivity contribution >= 4 is 5.90 Å². The first-order chi connectivity index (χ1) is 5.74. The Hall–Kier alpha value is -1.25. The minimum atomic E-state index is 0.635. The van der Waals surface area contributed by atoms with Crippen LogP contribution in [0.3, 0.4) is 0 Å². The molecule has 0 radical (unpaired) electrons. The van der Waals surface area contributed by atoms with E-state index in [0.717, 1.165) is 30.7 Å². The number of ether oxygens (including phenoxy) is 1. The summed E-state index contributed by atoms with van der Waals surface area (Å²) < 4.78 is 5.33. The number of nitrogens with zero attached hydrogens (tertiary/aromatic N) is 1. The minimum absolute atomic E-state index is 0.635. The zero-order valence-corrected chi connectivity index (χ0v) is 7.34. The molecule has 0 aromatic carbocycles. The SMILES string of the molecule is C=C(C)/N=C1/OCCC/C1=C/N. The minimum Gasteiger partial charge on any atom is -0.477 e. The van der Waals surface area contributed by atoms with Gasteiger partial charge in [0.1, 0.15) is 0 Å². The van der Waals surface area contributed by atoms with Gasteiger partial charge in [-0.15, -0.1) is 0 Å². The molecule has 2 N–H and O–H groups in total. The van der Waals surface area contributed by atoms with E-state index >= 15 is 0 Å². The van der Waals surface area contributed by atoms with E-state index in [9.17, 15) is 0 Å². The number of rotatable bonds is 1. The molecule has 1 aliphatic rings. The number of aliphatic imine (C=N–C) groups is 1. The topological polar surface area (TPSA) is 47.6 Å². The molecule has 0 amide bonds. The van der Waals surface area contributed by atoms with E-state index in [1.165, 1.54) is 0 Å². The Morgan fingerprint density at radius 1 is 1.75 bits per heavy atom. The van der Waals surface area contributed by atoms with Crippen LogP contribution in [-0.4, -0.2) is 12.5 Å². The lowest BCUT2D eigenvalue weighted by Gasteiger charge is -2.17. The lowest BCUT2D eigenvalue weighted by molar-refractivity contribution is 0.280. The molecule has 0 aromatic heterocycles. The van der Waals surface area contributed by atoms with Gasteiger partial charge in [-0.2, -0.15) is 0 Å². The summed E-state index contributed by atoms with van der Waals surface area (Å²) in [5.74, 6) is 0.635. The van der Waals surface area contributed by atoms with E-state index in [0.29, 0.717) is 5.90 Å². The third-order valence-corrected chi connectivity index (χ3v) is 1.60. The molecule has 12 heavy (non-hydrogen) atoms. The highest BCUT2D eigenvalue weighted by Crippen LogP contribution is 2.15. The second kappa shape index (κ2) is 3.95. The molecule has 0 aromatic rings. The normalized spacial score (nSPS) is 24.1. The van der Waals surface area contributed by atoms with E-state index in [2.05, 4.69) is 11.6 Å². The fourth-order valence-electron chi connectivity index (χ4n) is 1.06. The third kappa shape index (κ3) is 2.12. The van der Waals surface area contributed by atoms with Gasteiger partial charge in [0, 0.05) is 17.5 Å². The van der Waals surface area contributed by atoms with Crippen molar-refractivity contribution < 1.29 is 4.74 Å². The van der Waals surface area contributed by atoms with Crippen LogP contribution in [0.2, 0.25) is 0 Å². The van der Waals surface area contributed by atoms with Crippen molar-refractivity contribution in [3.8, 4) is 0 Å². The smallest absolute Gasteiger partial charge is 0.218 e. The van der Waals surface area contributed by atoms with Gasteiger partial charge in [0.2, 0.25) is 5.90 Å². The Kier molecular flexibility index (Phi) is 2.91. The van der Waals surface area contributed by atoms with Crippen LogP contribution in [0.4, 0.5) is 0 Å². The van der Waals surface area contributed by atoms with Crippen molar-refractivity contribution in [1.82, 2.24) is 0 Å². The lowest BCUT2D eigenvalue weighted by Crippen LogP contribution is -2.17. The quantitative estimate of drug-likeness (QED) is 0.642. The number of hydrogen-bond acceptors (Lipinski definition) is 3. The van der Waals surface area contributed by atoms with Crippen LogP contribution in [0, 0.1) is 0 Å². The number of nitrogens with two attached hydrogens (primary N) is 1. The van der Waals surface area contributed by atoms with Gasteiger partial charge < -0.3 is 10.5 Å². The Labute approximate surface area is 72.6 Å². The van der Waals surface area contributed by atoms with Gasteiger partial charge in [-0.25, -0.2) is 4.99 Å². The van der Waals surface area contributed by atoms with Crippen LogP contribution < -0.4 is 5.73 Å². The van der Waals surface area contributed by atoms with Crippen molar-refractivity contribution in [2.45, 2.75) is 19.8 Å². The van der Waals surface area contributed by atoms with Crippen molar-refractivity contribution in [2.24, 2.45) is 10.7 Å². The Bertz CT molecular complexity index is 241. The summed E-state index contributed by atoms with van der Waals surface area (Å²) in [6.07, 6.45) is 3.52. The first-order valence-electron chi connectivity index (χ1n) is 4.02. The van der Waals surface area contributed by atoms with E-state index in [4.69, 9.17) is 10.5 Å². The first-order valence-corrected chi connectivity index (χ1v) is 4.02. The van der Waals surface area contributed by atoms with Crippen molar-refractivity contribution in [3.63, 3.8) is 0 Å². The van der Waals surface area contributed by atoms with E-state index in [-0.39, 0.29) is 0 Å². The summed E-state index contributed by atoms with van der Waals surface area (Å²) in [4.78, 5) is 4.14. The maximum Gasteiger partial charge on any atom is 0.218 e. The molecule has 3 heteroatoms. The van der Waals surface area contributed by atoms with Crippen molar-refractivity contribution in [2.75, 3.05) is 6.61 Å². The molecular formula is C9H14N2O. The number of allylic oxidation sites excluding steroid dienone is 1. The second-order valence-electron chi connectivity index (χ2n) is 2.80. The summed E-state index contributed by atoms with van der Waals surface area (Å²) in [7, 11) is 0. The standard InChI is InChI=1S/C9H14N2O/c1-7(2)11-9-8(6-10)4-3-5-12-9/h6H,1,3-5,10H2,2H3/b8-6-,11-9+. The van der Waals surface area contributed by atoms with Crippen LogP contribution in [0.25, 0.3) is 0 Å². The summed E-state index contributed by atoms with van der Waals surface area (Å²) in [6.45, 7) is 6.24. The van der Waals surface area contributed by atoms with Gasteiger partial charge in [0.15, 0.2) is 0 Å². The zero-order valence-electron chi connectivity index (χ0n) is 7.34. The summed E-state index contributed by atoms with van der Waals surface area (Å²) in [5.41, 5.74) is 7.13. The average molecular weight is 166 g/mol. The summed E-state index contributed by atoms with van der Waals surface area (Å²) >= 11 is 0. The molecule has 0 unspecified atom stereocenters. The van der Waals surface area contributed by atoms with Crippen molar-refractivity contribution in [3.05, 3.63) is 24.0 Å². The highest BCUT2D eigenvalue weighted by Gasteiger charge is 2.13. The predicted octanol–water partition coefficient (Wildman–Crippen LogP) is 1.57. The predicted molar refractivity (Wildman–Crippen MR) is 49.7 cm³/mol. The van der Waals surface area contributed by atoms with Crippen LogP contribution in [-0.2, 0) is 4.74 Å².